The van der Waals surface area contributed by atoms with Crippen molar-refractivity contribution in [1.29, 1.82) is 0 Å². The van der Waals surface area contributed by atoms with Crippen molar-refractivity contribution in [2.75, 3.05) is 0 Å². The molecule has 0 unspecified atom stereocenters. The second-order valence-electron chi connectivity index (χ2n) is 3.74. The summed E-state index contributed by atoms with van der Waals surface area (Å²) in [7, 11) is -0.333. The number of halogens is 2. The zero-order chi connectivity index (χ0) is 15.1. The van der Waals surface area contributed by atoms with Gasteiger partial charge in [0.15, 0.2) is 0 Å². The fourth-order valence-electron chi connectivity index (χ4n) is 1.41. The third-order valence-electron chi connectivity index (χ3n) is 2.13. The van der Waals surface area contributed by atoms with Crippen molar-refractivity contribution in [3.05, 3.63) is 96.5 Å². The van der Waals surface area contributed by atoms with Crippen molar-refractivity contribution in [1.82, 2.24) is 0 Å². The van der Waals surface area contributed by atoms with Crippen LogP contribution in [-0.4, -0.2) is 9.52 Å². The number of hydrogen-bond acceptors (Lipinski definition) is 2. The predicted octanol–water partition coefficient (Wildman–Crippen LogP) is 7.65. The van der Waals surface area contributed by atoms with Crippen molar-refractivity contribution in [2.45, 2.75) is 19.5 Å². The van der Waals surface area contributed by atoms with Gasteiger partial charge < -0.3 is 29.7 Å². The van der Waals surface area contributed by atoms with Gasteiger partial charge in [-0.1, -0.05) is 19.2 Å². The van der Waals surface area contributed by atoms with E-state index in [1.54, 1.807) is 0 Å². The van der Waals surface area contributed by atoms with Crippen LogP contribution >= 0.6 is 33.2 Å². The molecule has 0 aromatic heterocycles. The van der Waals surface area contributed by atoms with Crippen molar-refractivity contribution >= 4 is 53.4 Å². The van der Waals surface area contributed by atoms with E-state index in [2.05, 4.69) is 67.7 Å². The minimum absolute atomic E-state index is 0. The minimum atomic E-state index is -1.42. The molecule has 0 spiro atoms. The second-order valence-corrected chi connectivity index (χ2v) is 4.91. The van der Waals surface area contributed by atoms with E-state index in [0.717, 1.165) is 15.9 Å². The average Bonchev–Trinajstić information content (AvgIpc) is 3.15. The largest absolute Gasteiger partial charge is 0.358 e. The fourth-order valence-corrected chi connectivity index (χ4v) is 1.41. The predicted molar refractivity (Wildman–Crippen MR) is 128 cm³/mol. The number of hydrogen-bond donors (Lipinski definition) is 0. The summed E-state index contributed by atoms with van der Waals surface area (Å²) in [5.41, 5.74) is 0. The topological polar surface area (TPSA) is 34.1 Å². The Morgan fingerprint density at radius 3 is 1.81 bits per heavy atom. The maximum absolute atomic E-state index is 8.40. The Morgan fingerprint density at radius 2 is 1.48 bits per heavy atom. The van der Waals surface area contributed by atoms with Crippen molar-refractivity contribution in [3.8, 4) is 0 Å². The molecule has 7 heteroatoms. The van der Waals surface area contributed by atoms with Crippen LogP contribution in [0.1, 0.15) is 6.42 Å². The number of fused-ring (bicyclic) bond motifs is 1. The average molecular weight is 483 g/mol. The van der Waals surface area contributed by atoms with Crippen LogP contribution in [0.15, 0.2) is 60.7 Å². The Kier molecular flexibility index (Phi) is 75.5. The molecule has 3 rings (SSSR count). The molecule has 1 aliphatic carbocycles. The van der Waals surface area contributed by atoms with Gasteiger partial charge in [0.1, 0.15) is 0 Å². The standard InChI is InChI=1S/C9H7.C5H5.C2H6Si.4CH3.2ClH.HO2P.Ti/c1-2-5-9-7-3-6-8(9)4-1;1-2-4-5-3-1;1-3-2;;;;;;;1-3-2;/h1-7H;1-3H,4H2;1-2H3;4*1H3;2*1H;3H;/q2*-1;;4*-1;;;;. The molecule has 0 heterocycles. The minimum Gasteiger partial charge on any atom is -0.358 e. The molecule has 27 heavy (non-hydrogen) atoms. The van der Waals surface area contributed by atoms with Gasteiger partial charge in [0.2, 0.25) is 0 Å². The second kappa shape index (κ2) is 40.4. The van der Waals surface area contributed by atoms with E-state index in [0.29, 0.717) is 0 Å². The third-order valence-corrected chi connectivity index (χ3v) is 2.13. The first-order chi connectivity index (χ1) is 9.79. The third kappa shape index (κ3) is 30.7. The van der Waals surface area contributed by atoms with Crippen LogP contribution in [-0.2, 0) is 30.8 Å². The van der Waals surface area contributed by atoms with Crippen LogP contribution < -0.4 is 0 Å². The van der Waals surface area contributed by atoms with Crippen LogP contribution in [0.5, 0.6) is 0 Å². The summed E-state index contributed by atoms with van der Waals surface area (Å²) in [5, 5.41) is 2.66. The molecule has 0 N–H and O–H groups in total. The summed E-state index contributed by atoms with van der Waals surface area (Å²) in [6, 6.07) is 14.7. The van der Waals surface area contributed by atoms with Gasteiger partial charge in [-0.2, -0.15) is 23.6 Å². The zero-order valence-corrected chi connectivity index (χ0v) is 22.3. The van der Waals surface area contributed by atoms with Gasteiger partial charge in [-0.05, 0) is 0 Å². The van der Waals surface area contributed by atoms with E-state index in [1.807, 2.05) is 12.2 Å². The molecule has 2 aromatic carbocycles. The fraction of sp³-hybridized carbons (Fsp3) is 0.150. The maximum atomic E-state index is 8.40. The van der Waals surface area contributed by atoms with Gasteiger partial charge >= 0.3 is 8.34 Å². The maximum Gasteiger partial charge on any atom is 0.303 e. The van der Waals surface area contributed by atoms with E-state index < -0.39 is 8.34 Å². The molecule has 2 nitrogen and oxygen atoms in total. The van der Waals surface area contributed by atoms with E-state index in [4.69, 9.17) is 9.13 Å². The Labute approximate surface area is 199 Å². The van der Waals surface area contributed by atoms with E-state index >= 15 is 0 Å². The Balaban J connectivity index is -0.0000000301. The van der Waals surface area contributed by atoms with Crippen LogP contribution in [0, 0.1) is 35.8 Å². The number of rotatable bonds is 0. The molecule has 158 valence electrons. The van der Waals surface area contributed by atoms with Gasteiger partial charge in [-0.15, -0.1) is 60.9 Å². The van der Waals surface area contributed by atoms with E-state index in [1.165, 1.54) is 10.8 Å². The first-order valence-electron chi connectivity index (χ1n) is 6.20. The molecule has 0 fully saturated rings. The number of allylic oxidation sites excluding steroid dienone is 4. The monoisotopic (exact) mass is 482 g/mol. The Morgan fingerprint density at radius 1 is 1.00 bits per heavy atom. The van der Waals surface area contributed by atoms with E-state index in [-0.39, 0.29) is 76.2 Å². The smallest absolute Gasteiger partial charge is 0.303 e. The quantitative estimate of drug-likeness (QED) is 0.219. The molecular weight excluding hydrogens is 450 g/mol. The summed E-state index contributed by atoms with van der Waals surface area (Å²) < 4.78 is 16.8. The summed E-state index contributed by atoms with van der Waals surface area (Å²) in [6.45, 7) is 4.31. The van der Waals surface area contributed by atoms with Crippen LogP contribution in [0.4, 0.5) is 0 Å². The van der Waals surface area contributed by atoms with Gasteiger partial charge in [0.05, 0.1) is 0 Å². The van der Waals surface area contributed by atoms with Crippen LogP contribution in [0.2, 0.25) is 13.1 Å². The van der Waals surface area contributed by atoms with E-state index in [9.17, 15) is 0 Å². The van der Waals surface area contributed by atoms with Crippen LogP contribution in [0.3, 0.4) is 0 Å². The molecule has 1 aliphatic rings. The van der Waals surface area contributed by atoms with Gasteiger partial charge in [-0.3, -0.25) is 6.08 Å². The summed E-state index contributed by atoms with van der Waals surface area (Å²) in [4.78, 5) is 0. The normalized spacial score (nSPS) is 7.78. The SMILES string of the molecule is C[Si]C.Cl.Cl.O=[PH]=O.[C-]1=CC=CC1.[CH3-].[CH3-].[CH3-].[CH3-].[Ti].c1ccc2[cH-]ccc2c1. The molecule has 2 radical (unpaired) electrons. The van der Waals surface area contributed by atoms with Gasteiger partial charge in [0, 0.05) is 31.2 Å². The Hall–Kier alpha value is -0.279. The summed E-state index contributed by atoms with van der Waals surface area (Å²) >= 11 is 0. The molecule has 0 bridgehead atoms. The zero-order valence-electron chi connectivity index (χ0n) is 17.1. The number of benzene rings is 1. The first kappa shape index (κ1) is 50.4. The van der Waals surface area contributed by atoms with Crippen LogP contribution in [0.25, 0.3) is 10.8 Å². The molecule has 0 aliphatic heterocycles. The van der Waals surface area contributed by atoms with Crippen molar-refractivity contribution in [3.63, 3.8) is 0 Å². The summed E-state index contributed by atoms with van der Waals surface area (Å²) in [6.07, 6.45) is 10.0. The molecule has 0 amide bonds. The van der Waals surface area contributed by atoms with Gasteiger partial charge in [0.25, 0.3) is 0 Å². The Bertz CT molecular complexity index is 530. The molecule has 0 saturated heterocycles. The first-order valence-corrected chi connectivity index (χ1v) is 9.01. The molecule has 2 aromatic rings. The van der Waals surface area contributed by atoms with Crippen molar-refractivity contribution < 1.29 is 30.8 Å². The van der Waals surface area contributed by atoms with Crippen molar-refractivity contribution in [2.24, 2.45) is 0 Å². The molecular formula is C20H33Cl2O2PSiTi-6. The molecule has 0 saturated carbocycles. The molecule has 0 atom stereocenters. The van der Waals surface area contributed by atoms with Gasteiger partial charge in [-0.25, -0.2) is 21.3 Å². The summed E-state index contributed by atoms with van der Waals surface area (Å²) in [5.74, 6) is 0.